The van der Waals surface area contributed by atoms with Crippen molar-refractivity contribution in [2.45, 2.75) is 13.8 Å². The van der Waals surface area contributed by atoms with Crippen LogP contribution >= 0.6 is 0 Å². The van der Waals surface area contributed by atoms with Crippen molar-refractivity contribution in [2.24, 2.45) is 0 Å². The van der Waals surface area contributed by atoms with Gasteiger partial charge < -0.3 is 15.7 Å². The predicted octanol–water partition coefficient (Wildman–Crippen LogP) is 2.25. The van der Waals surface area contributed by atoms with Gasteiger partial charge in [-0.1, -0.05) is 6.07 Å². The van der Waals surface area contributed by atoms with Crippen LogP contribution in [0, 0.1) is 13.8 Å². The molecule has 1 heterocycles. The molecule has 5 nitrogen and oxygen atoms in total. The van der Waals surface area contributed by atoms with E-state index in [0.29, 0.717) is 18.7 Å². The molecule has 2 aromatic rings. The molecule has 21 heavy (non-hydrogen) atoms. The molecule has 0 aliphatic rings. The normalized spacial score (nSPS) is 10.2. The molecule has 0 bridgehead atoms. The number of anilines is 1. The number of phenols is 1. The summed E-state index contributed by atoms with van der Waals surface area (Å²) in [5.41, 5.74) is 3.28. The fraction of sp³-hybridized carbons (Fsp3) is 0.250. The maximum atomic E-state index is 11.9. The number of carbonyl (C=O) groups is 1. The first kappa shape index (κ1) is 14.8. The second-order valence-corrected chi connectivity index (χ2v) is 4.87. The molecular weight excluding hydrogens is 266 g/mol. The van der Waals surface area contributed by atoms with Gasteiger partial charge >= 0.3 is 0 Å². The molecule has 3 N–H and O–H groups in total. The first-order chi connectivity index (χ1) is 10.1. The third-order valence-corrected chi connectivity index (χ3v) is 3.22. The van der Waals surface area contributed by atoms with Crippen molar-refractivity contribution in [3.8, 4) is 5.75 Å². The van der Waals surface area contributed by atoms with E-state index in [-0.39, 0.29) is 11.7 Å². The Morgan fingerprint density at radius 2 is 2.00 bits per heavy atom. The van der Waals surface area contributed by atoms with E-state index in [9.17, 15) is 9.90 Å². The minimum absolute atomic E-state index is 0.133. The van der Waals surface area contributed by atoms with Gasteiger partial charge in [-0.2, -0.15) is 0 Å². The third kappa shape index (κ3) is 3.95. The van der Waals surface area contributed by atoms with Gasteiger partial charge in [0.25, 0.3) is 5.91 Å². The van der Waals surface area contributed by atoms with Crippen LogP contribution in [0.2, 0.25) is 0 Å². The van der Waals surface area contributed by atoms with Gasteiger partial charge in [0.1, 0.15) is 5.75 Å². The van der Waals surface area contributed by atoms with Gasteiger partial charge in [-0.3, -0.25) is 9.78 Å². The number of benzene rings is 1. The maximum Gasteiger partial charge on any atom is 0.251 e. The first-order valence-corrected chi connectivity index (χ1v) is 6.80. The summed E-state index contributed by atoms with van der Waals surface area (Å²) in [5, 5.41) is 15.6. The number of aryl methyl sites for hydroxylation is 2. The number of nitrogens with zero attached hydrogens (tertiary/aromatic N) is 1. The SMILES string of the molecule is Cc1ccc(C(=O)NCCNc2ccncc2C)cc1O. The molecule has 110 valence electrons. The topological polar surface area (TPSA) is 74.2 Å². The summed E-state index contributed by atoms with van der Waals surface area (Å²) in [6, 6.07) is 6.80. The lowest BCUT2D eigenvalue weighted by Crippen LogP contribution is -2.28. The quantitative estimate of drug-likeness (QED) is 0.737. The van der Waals surface area contributed by atoms with Crippen molar-refractivity contribution in [1.29, 1.82) is 0 Å². The van der Waals surface area contributed by atoms with Crippen LogP contribution in [0.4, 0.5) is 5.69 Å². The Morgan fingerprint density at radius 1 is 1.19 bits per heavy atom. The van der Waals surface area contributed by atoms with Crippen molar-refractivity contribution >= 4 is 11.6 Å². The molecule has 2 rings (SSSR count). The highest BCUT2D eigenvalue weighted by molar-refractivity contribution is 5.94. The first-order valence-electron chi connectivity index (χ1n) is 6.80. The Hall–Kier alpha value is -2.56. The number of nitrogens with one attached hydrogen (secondary N) is 2. The number of carbonyl (C=O) groups excluding carboxylic acids is 1. The molecule has 0 aliphatic carbocycles. The van der Waals surface area contributed by atoms with Crippen LogP contribution in [0.25, 0.3) is 0 Å². The minimum Gasteiger partial charge on any atom is -0.508 e. The molecule has 0 saturated carbocycles. The molecule has 0 atom stereocenters. The molecule has 0 fully saturated rings. The second-order valence-electron chi connectivity index (χ2n) is 4.87. The van der Waals surface area contributed by atoms with Gasteiger partial charge in [-0.05, 0) is 43.2 Å². The third-order valence-electron chi connectivity index (χ3n) is 3.22. The maximum absolute atomic E-state index is 11.9. The highest BCUT2D eigenvalue weighted by atomic mass is 16.3. The molecule has 0 saturated heterocycles. The van der Waals surface area contributed by atoms with E-state index in [2.05, 4.69) is 15.6 Å². The van der Waals surface area contributed by atoms with Crippen molar-refractivity contribution < 1.29 is 9.90 Å². The number of hydrogen-bond acceptors (Lipinski definition) is 4. The van der Waals surface area contributed by atoms with Crippen LogP contribution in [0.15, 0.2) is 36.7 Å². The Kier molecular flexibility index (Phi) is 4.77. The zero-order chi connectivity index (χ0) is 15.2. The van der Waals surface area contributed by atoms with Crippen molar-refractivity contribution in [3.05, 3.63) is 53.3 Å². The number of phenolic OH excluding ortho intramolecular Hbond substituents is 1. The van der Waals surface area contributed by atoms with E-state index in [1.807, 2.05) is 13.0 Å². The molecule has 0 radical (unpaired) electrons. The van der Waals surface area contributed by atoms with E-state index in [1.54, 1.807) is 31.5 Å². The van der Waals surface area contributed by atoms with Gasteiger partial charge in [-0.15, -0.1) is 0 Å². The molecule has 0 spiro atoms. The fourth-order valence-electron chi connectivity index (χ4n) is 1.90. The van der Waals surface area contributed by atoms with Crippen LogP contribution < -0.4 is 10.6 Å². The Labute approximate surface area is 124 Å². The summed E-state index contributed by atoms with van der Waals surface area (Å²) in [6.07, 6.45) is 3.51. The van der Waals surface area contributed by atoms with Crippen molar-refractivity contribution in [2.75, 3.05) is 18.4 Å². The fourth-order valence-corrected chi connectivity index (χ4v) is 1.90. The van der Waals surface area contributed by atoms with E-state index < -0.39 is 0 Å². The summed E-state index contributed by atoms with van der Waals surface area (Å²) in [4.78, 5) is 15.9. The Morgan fingerprint density at radius 3 is 2.71 bits per heavy atom. The van der Waals surface area contributed by atoms with E-state index >= 15 is 0 Å². The predicted molar refractivity (Wildman–Crippen MR) is 82.6 cm³/mol. The number of rotatable bonds is 5. The molecule has 0 unspecified atom stereocenters. The van der Waals surface area contributed by atoms with Crippen LogP contribution in [0.5, 0.6) is 5.75 Å². The van der Waals surface area contributed by atoms with Gasteiger partial charge in [0.2, 0.25) is 0 Å². The standard InChI is InChI=1S/C16H19N3O2/c1-11-3-4-13(9-15(11)20)16(21)19-8-7-18-14-5-6-17-10-12(14)2/h3-6,9-10,20H,7-8H2,1-2H3,(H,17,18)(H,19,21). The molecule has 1 amide bonds. The smallest absolute Gasteiger partial charge is 0.251 e. The van der Waals surface area contributed by atoms with Crippen LogP contribution in [-0.4, -0.2) is 29.1 Å². The molecule has 1 aromatic heterocycles. The largest absolute Gasteiger partial charge is 0.508 e. The van der Waals surface area contributed by atoms with Crippen LogP contribution in [0.1, 0.15) is 21.5 Å². The number of aromatic hydroxyl groups is 1. The van der Waals surface area contributed by atoms with Gasteiger partial charge in [-0.25, -0.2) is 0 Å². The number of amides is 1. The average molecular weight is 285 g/mol. The highest BCUT2D eigenvalue weighted by Crippen LogP contribution is 2.17. The number of hydrogen-bond donors (Lipinski definition) is 3. The van der Waals surface area contributed by atoms with Crippen molar-refractivity contribution in [1.82, 2.24) is 10.3 Å². The summed E-state index contributed by atoms with van der Waals surface area (Å²) in [7, 11) is 0. The van der Waals surface area contributed by atoms with Crippen molar-refractivity contribution in [3.63, 3.8) is 0 Å². The monoisotopic (exact) mass is 285 g/mol. The molecule has 5 heteroatoms. The highest BCUT2D eigenvalue weighted by Gasteiger charge is 2.06. The lowest BCUT2D eigenvalue weighted by atomic mass is 10.1. The molecular formula is C16H19N3O2. The van der Waals surface area contributed by atoms with E-state index in [4.69, 9.17) is 0 Å². The number of aromatic nitrogens is 1. The Balaban J connectivity index is 1.82. The second kappa shape index (κ2) is 6.74. The Bertz CT molecular complexity index is 641. The zero-order valence-electron chi connectivity index (χ0n) is 12.2. The summed E-state index contributed by atoms with van der Waals surface area (Å²) in [6.45, 7) is 4.88. The zero-order valence-corrected chi connectivity index (χ0v) is 12.2. The van der Waals surface area contributed by atoms with E-state index in [1.165, 1.54) is 6.07 Å². The van der Waals surface area contributed by atoms with Gasteiger partial charge in [0.15, 0.2) is 0 Å². The summed E-state index contributed by atoms with van der Waals surface area (Å²) >= 11 is 0. The van der Waals surface area contributed by atoms with E-state index in [0.717, 1.165) is 16.8 Å². The minimum atomic E-state index is -0.196. The lowest BCUT2D eigenvalue weighted by molar-refractivity contribution is 0.0955. The molecule has 0 aliphatic heterocycles. The van der Waals surface area contributed by atoms with Gasteiger partial charge in [0, 0.05) is 36.7 Å². The lowest BCUT2D eigenvalue weighted by Gasteiger charge is -2.10. The van der Waals surface area contributed by atoms with Gasteiger partial charge in [0.05, 0.1) is 0 Å². The molecule has 1 aromatic carbocycles. The van der Waals surface area contributed by atoms with Crippen LogP contribution in [-0.2, 0) is 0 Å². The number of pyridine rings is 1. The summed E-state index contributed by atoms with van der Waals surface area (Å²) in [5.74, 6) is -0.0632. The van der Waals surface area contributed by atoms with Crippen LogP contribution in [0.3, 0.4) is 0 Å². The average Bonchev–Trinajstić information content (AvgIpc) is 2.48. The summed E-state index contributed by atoms with van der Waals surface area (Å²) < 4.78 is 0.